The molecule has 1 heterocycles. The van der Waals surface area contributed by atoms with E-state index in [4.69, 9.17) is 0 Å². The number of hydrogen-bond donors (Lipinski definition) is 0. The molecule has 0 spiro atoms. The fourth-order valence-corrected chi connectivity index (χ4v) is 3.44. The Bertz CT molecular complexity index is 739. The standard InChI is InChI=1S/C17H15NO2S/c1-3-17(20)18-13-6-4-5-7-15(13)21-16-9-8-12(11(2)19)10-14(16)18/h4-10H,3H2,1-2H3. The number of ketones is 1. The summed E-state index contributed by atoms with van der Waals surface area (Å²) in [4.78, 5) is 27.8. The van der Waals surface area contributed by atoms with E-state index in [2.05, 4.69) is 0 Å². The lowest BCUT2D eigenvalue weighted by atomic mass is 10.1. The second kappa shape index (κ2) is 5.37. The van der Waals surface area contributed by atoms with Crippen molar-refractivity contribution >= 4 is 34.8 Å². The first kappa shape index (κ1) is 13.9. The van der Waals surface area contributed by atoms with E-state index in [1.165, 1.54) is 6.92 Å². The number of carbonyl (C=O) groups excluding carboxylic acids is 2. The van der Waals surface area contributed by atoms with Crippen molar-refractivity contribution < 1.29 is 9.59 Å². The molecule has 0 fully saturated rings. The Balaban J connectivity index is 2.20. The zero-order valence-electron chi connectivity index (χ0n) is 11.9. The van der Waals surface area contributed by atoms with Crippen LogP contribution in [0.3, 0.4) is 0 Å². The predicted molar refractivity (Wildman–Crippen MR) is 84.4 cm³/mol. The molecule has 0 saturated heterocycles. The van der Waals surface area contributed by atoms with Crippen LogP contribution in [-0.4, -0.2) is 11.7 Å². The summed E-state index contributed by atoms with van der Waals surface area (Å²) in [6.07, 6.45) is 0.419. The van der Waals surface area contributed by atoms with Crippen LogP contribution in [0.2, 0.25) is 0 Å². The van der Waals surface area contributed by atoms with E-state index < -0.39 is 0 Å². The Morgan fingerprint density at radius 1 is 1.05 bits per heavy atom. The lowest BCUT2D eigenvalue weighted by molar-refractivity contribution is -0.117. The minimum absolute atomic E-state index is 0.00514. The van der Waals surface area contributed by atoms with E-state index in [9.17, 15) is 9.59 Å². The largest absolute Gasteiger partial charge is 0.295 e. The molecule has 0 radical (unpaired) electrons. The van der Waals surface area contributed by atoms with Crippen LogP contribution in [0, 0.1) is 0 Å². The number of nitrogens with zero attached hydrogens (tertiary/aromatic N) is 1. The van der Waals surface area contributed by atoms with Crippen molar-refractivity contribution in [3.8, 4) is 0 Å². The maximum absolute atomic E-state index is 12.4. The van der Waals surface area contributed by atoms with Gasteiger partial charge in [0.2, 0.25) is 5.91 Å². The SMILES string of the molecule is CCC(=O)N1c2ccccc2Sc2ccc(C(C)=O)cc21. The molecule has 3 nitrogen and oxygen atoms in total. The van der Waals surface area contributed by atoms with Gasteiger partial charge in [-0.25, -0.2) is 0 Å². The number of anilines is 2. The third kappa shape index (κ3) is 2.36. The maximum atomic E-state index is 12.4. The number of amides is 1. The Kier molecular flexibility index (Phi) is 3.55. The smallest absolute Gasteiger partial charge is 0.231 e. The summed E-state index contributed by atoms with van der Waals surface area (Å²) >= 11 is 1.63. The first-order valence-corrected chi connectivity index (χ1v) is 7.68. The van der Waals surface area contributed by atoms with Gasteiger partial charge >= 0.3 is 0 Å². The van der Waals surface area contributed by atoms with Gasteiger partial charge in [-0.1, -0.05) is 36.9 Å². The number of Topliss-reactive ketones (excluding diaryl/α,β-unsaturated/α-hetero) is 1. The lowest BCUT2D eigenvalue weighted by Gasteiger charge is -2.31. The van der Waals surface area contributed by atoms with E-state index in [0.717, 1.165) is 21.2 Å². The van der Waals surface area contributed by atoms with Crippen molar-refractivity contribution in [1.82, 2.24) is 0 Å². The molecular weight excluding hydrogens is 282 g/mol. The molecule has 2 aromatic carbocycles. The first-order chi connectivity index (χ1) is 10.1. The highest BCUT2D eigenvalue weighted by Gasteiger charge is 2.27. The van der Waals surface area contributed by atoms with Gasteiger partial charge in [0.25, 0.3) is 0 Å². The molecule has 0 atom stereocenters. The Morgan fingerprint density at radius 2 is 1.76 bits per heavy atom. The minimum Gasteiger partial charge on any atom is -0.295 e. The number of rotatable bonds is 2. The third-order valence-electron chi connectivity index (χ3n) is 3.48. The summed E-state index contributed by atoms with van der Waals surface area (Å²) < 4.78 is 0. The van der Waals surface area contributed by atoms with Crippen LogP contribution < -0.4 is 4.90 Å². The van der Waals surface area contributed by atoms with Crippen LogP contribution in [0.25, 0.3) is 0 Å². The highest BCUT2D eigenvalue weighted by atomic mass is 32.2. The third-order valence-corrected chi connectivity index (χ3v) is 4.61. The fourth-order valence-electron chi connectivity index (χ4n) is 2.40. The van der Waals surface area contributed by atoms with Gasteiger partial charge in [0.1, 0.15) is 0 Å². The molecule has 1 amide bonds. The highest BCUT2D eigenvalue weighted by Crippen LogP contribution is 2.48. The first-order valence-electron chi connectivity index (χ1n) is 6.86. The average molecular weight is 297 g/mol. The Hall–Kier alpha value is -2.07. The summed E-state index contributed by atoms with van der Waals surface area (Å²) in [5.41, 5.74) is 2.32. The van der Waals surface area contributed by atoms with Crippen LogP contribution in [0.1, 0.15) is 30.6 Å². The topological polar surface area (TPSA) is 37.4 Å². The summed E-state index contributed by atoms with van der Waals surface area (Å²) in [5, 5.41) is 0. The molecule has 0 bridgehead atoms. The molecular formula is C17H15NO2S. The second-order valence-corrected chi connectivity index (χ2v) is 5.97. The summed E-state index contributed by atoms with van der Waals surface area (Å²) in [6.45, 7) is 3.39. The van der Waals surface area contributed by atoms with Gasteiger partial charge in [-0.05, 0) is 31.2 Å². The second-order valence-electron chi connectivity index (χ2n) is 4.89. The zero-order valence-corrected chi connectivity index (χ0v) is 12.7. The number of hydrogen-bond acceptors (Lipinski definition) is 3. The average Bonchev–Trinajstić information content (AvgIpc) is 2.51. The molecule has 3 rings (SSSR count). The molecule has 0 N–H and O–H groups in total. The molecule has 1 aliphatic heterocycles. The van der Waals surface area contributed by atoms with E-state index in [-0.39, 0.29) is 11.7 Å². The summed E-state index contributed by atoms with van der Waals surface area (Å²) in [7, 11) is 0. The van der Waals surface area contributed by atoms with Gasteiger partial charge in [0.05, 0.1) is 11.4 Å². The van der Waals surface area contributed by atoms with E-state index in [1.807, 2.05) is 49.4 Å². The fraction of sp³-hybridized carbons (Fsp3) is 0.176. The lowest BCUT2D eigenvalue weighted by Crippen LogP contribution is -2.27. The summed E-state index contributed by atoms with van der Waals surface area (Å²) in [6, 6.07) is 13.4. The molecule has 4 heteroatoms. The van der Waals surface area contributed by atoms with Gasteiger partial charge in [-0.3, -0.25) is 14.5 Å². The normalized spacial score (nSPS) is 12.6. The van der Waals surface area contributed by atoms with Crippen molar-refractivity contribution in [3.63, 3.8) is 0 Å². The summed E-state index contributed by atoms with van der Waals surface area (Å²) in [5.74, 6) is 0.0373. The monoisotopic (exact) mass is 297 g/mol. The van der Waals surface area contributed by atoms with Crippen molar-refractivity contribution in [2.75, 3.05) is 4.90 Å². The van der Waals surface area contributed by atoms with Crippen molar-refractivity contribution in [2.45, 2.75) is 30.1 Å². The van der Waals surface area contributed by atoms with Gasteiger partial charge in [0.15, 0.2) is 5.78 Å². The van der Waals surface area contributed by atoms with Crippen LogP contribution in [0.15, 0.2) is 52.3 Å². The van der Waals surface area contributed by atoms with Gasteiger partial charge in [0, 0.05) is 21.8 Å². The number of benzene rings is 2. The van der Waals surface area contributed by atoms with Gasteiger partial charge < -0.3 is 0 Å². The van der Waals surface area contributed by atoms with E-state index in [1.54, 1.807) is 16.7 Å². The molecule has 2 aromatic rings. The van der Waals surface area contributed by atoms with Crippen molar-refractivity contribution in [2.24, 2.45) is 0 Å². The number of carbonyl (C=O) groups is 2. The van der Waals surface area contributed by atoms with Crippen LogP contribution in [0.5, 0.6) is 0 Å². The molecule has 1 aliphatic rings. The minimum atomic E-state index is 0.00514. The molecule has 0 saturated carbocycles. The maximum Gasteiger partial charge on any atom is 0.231 e. The van der Waals surface area contributed by atoms with Crippen molar-refractivity contribution in [3.05, 3.63) is 48.0 Å². The molecule has 0 aliphatic carbocycles. The van der Waals surface area contributed by atoms with Gasteiger partial charge in [-0.15, -0.1) is 0 Å². The molecule has 0 unspecified atom stereocenters. The molecule has 21 heavy (non-hydrogen) atoms. The predicted octanol–water partition coefficient (Wildman–Crippen LogP) is 4.43. The van der Waals surface area contributed by atoms with Crippen molar-refractivity contribution in [1.29, 1.82) is 0 Å². The Morgan fingerprint density at radius 3 is 2.48 bits per heavy atom. The Labute approximate surface area is 128 Å². The highest BCUT2D eigenvalue weighted by molar-refractivity contribution is 7.99. The van der Waals surface area contributed by atoms with Crippen LogP contribution >= 0.6 is 11.8 Å². The zero-order chi connectivity index (χ0) is 15.0. The molecule has 0 aromatic heterocycles. The quantitative estimate of drug-likeness (QED) is 0.770. The van der Waals surface area contributed by atoms with E-state index in [0.29, 0.717) is 12.0 Å². The molecule has 106 valence electrons. The van der Waals surface area contributed by atoms with Crippen LogP contribution in [-0.2, 0) is 4.79 Å². The van der Waals surface area contributed by atoms with E-state index >= 15 is 0 Å². The number of fused-ring (bicyclic) bond motifs is 2. The van der Waals surface area contributed by atoms with Crippen LogP contribution in [0.4, 0.5) is 11.4 Å². The van der Waals surface area contributed by atoms with Gasteiger partial charge in [-0.2, -0.15) is 0 Å². The number of para-hydroxylation sites is 1.